The van der Waals surface area contributed by atoms with Crippen molar-refractivity contribution in [2.75, 3.05) is 24.5 Å². The Morgan fingerprint density at radius 3 is 2.65 bits per heavy atom. The third-order valence-electron chi connectivity index (χ3n) is 7.03. The third-order valence-corrected chi connectivity index (χ3v) is 7.03. The van der Waals surface area contributed by atoms with Gasteiger partial charge in [0.2, 0.25) is 17.7 Å². The van der Waals surface area contributed by atoms with Crippen molar-refractivity contribution in [3.8, 4) is 0 Å². The predicted molar refractivity (Wildman–Crippen MR) is 148 cm³/mol. The molecule has 8 heteroatoms. The summed E-state index contributed by atoms with van der Waals surface area (Å²) in [6.45, 7) is 12.8. The molecule has 4 atom stereocenters. The highest BCUT2D eigenvalue weighted by Crippen LogP contribution is 2.34. The van der Waals surface area contributed by atoms with Gasteiger partial charge in [0.15, 0.2) is 0 Å². The molecule has 2 rings (SSSR count). The van der Waals surface area contributed by atoms with Gasteiger partial charge < -0.3 is 26.4 Å². The molecular weight excluding hydrogens is 468 g/mol. The SMILES string of the molecule is C=CCNC(=O)[C@@H]1Cc2ccccc2N(C(=O)CC(C)(C)C[C@H](N)[C@@H](O)C[C@@H](C)C(=O)NCCCC)C1. The van der Waals surface area contributed by atoms with E-state index in [1.54, 1.807) is 17.9 Å². The number of carbonyl (C=O) groups is 3. The van der Waals surface area contributed by atoms with E-state index < -0.39 is 17.6 Å². The Morgan fingerprint density at radius 1 is 1.27 bits per heavy atom. The standard InChI is InChI=1S/C29H46N4O4/c1-6-8-14-32-27(36)20(3)15-25(34)23(30)17-29(4,5)18-26(35)33-19-22(28(37)31-13-7-2)16-21-11-9-10-12-24(21)33/h7,9-12,20,22-23,25,34H,2,6,8,13-19,30H2,1,3-5H3,(H,31,37)(H,32,36)/t20-,22-,23+,25+/m1/s1. The maximum absolute atomic E-state index is 13.5. The fourth-order valence-electron chi connectivity index (χ4n) is 4.88. The van der Waals surface area contributed by atoms with Crippen molar-refractivity contribution >= 4 is 23.4 Å². The molecule has 1 aliphatic heterocycles. The topological polar surface area (TPSA) is 125 Å². The number of carbonyl (C=O) groups excluding carboxylic acids is 3. The predicted octanol–water partition coefficient (Wildman–Crippen LogP) is 2.93. The molecule has 0 radical (unpaired) electrons. The molecule has 1 aromatic rings. The van der Waals surface area contributed by atoms with Gasteiger partial charge in [0.25, 0.3) is 0 Å². The van der Waals surface area contributed by atoms with Gasteiger partial charge in [-0.15, -0.1) is 6.58 Å². The first-order valence-electron chi connectivity index (χ1n) is 13.5. The second kappa shape index (κ2) is 14.3. The van der Waals surface area contributed by atoms with Crippen LogP contribution in [0.2, 0.25) is 0 Å². The lowest BCUT2D eigenvalue weighted by Crippen LogP contribution is -2.47. The number of nitrogens with one attached hydrogen (secondary N) is 2. The van der Waals surface area contributed by atoms with Crippen molar-refractivity contribution in [3.63, 3.8) is 0 Å². The summed E-state index contributed by atoms with van der Waals surface area (Å²) in [5.74, 6) is -0.939. The van der Waals surface area contributed by atoms with Crippen LogP contribution < -0.4 is 21.3 Å². The van der Waals surface area contributed by atoms with Crippen molar-refractivity contribution in [1.29, 1.82) is 0 Å². The highest BCUT2D eigenvalue weighted by atomic mass is 16.3. The van der Waals surface area contributed by atoms with Crippen LogP contribution in [0, 0.1) is 17.3 Å². The van der Waals surface area contributed by atoms with Gasteiger partial charge in [-0.2, -0.15) is 0 Å². The van der Waals surface area contributed by atoms with Gasteiger partial charge in [0.05, 0.1) is 12.0 Å². The molecule has 0 aliphatic carbocycles. The molecule has 8 nitrogen and oxygen atoms in total. The summed E-state index contributed by atoms with van der Waals surface area (Å²) < 4.78 is 0. The van der Waals surface area contributed by atoms with Gasteiger partial charge in [-0.3, -0.25) is 14.4 Å². The molecule has 0 spiro atoms. The number of aliphatic hydroxyl groups excluding tert-OH is 1. The maximum Gasteiger partial charge on any atom is 0.227 e. The number of unbranched alkanes of at least 4 members (excludes halogenated alkanes) is 1. The summed E-state index contributed by atoms with van der Waals surface area (Å²) in [7, 11) is 0. The van der Waals surface area contributed by atoms with Crippen molar-refractivity contribution in [3.05, 3.63) is 42.5 Å². The second-order valence-electron chi connectivity index (χ2n) is 11.1. The van der Waals surface area contributed by atoms with Gasteiger partial charge in [-0.25, -0.2) is 0 Å². The zero-order valence-electron chi connectivity index (χ0n) is 23.0. The first kappa shape index (κ1) is 30.5. The quantitative estimate of drug-likeness (QED) is 0.224. The van der Waals surface area contributed by atoms with Crippen molar-refractivity contribution in [1.82, 2.24) is 10.6 Å². The van der Waals surface area contributed by atoms with Gasteiger partial charge in [-0.1, -0.05) is 58.4 Å². The van der Waals surface area contributed by atoms with E-state index in [0.29, 0.717) is 32.5 Å². The van der Waals surface area contributed by atoms with E-state index in [9.17, 15) is 19.5 Å². The van der Waals surface area contributed by atoms with Crippen molar-refractivity contribution in [2.45, 2.75) is 78.4 Å². The van der Waals surface area contributed by atoms with Crippen LogP contribution >= 0.6 is 0 Å². The zero-order chi connectivity index (χ0) is 27.6. The summed E-state index contributed by atoms with van der Waals surface area (Å²) in [5.41, 5.74) is 7.66. The first-order chi connectivity index (χ1) is 17.5. The second-order valence-corrected chi connectivity index (χ2v) is 11.1. The van der Waals surface area contributed by atoms with E-state index in [1.807, 2.05) is 38.1 Å². The van der Waals surface area contributed by atoms with Gasteiger partial charge >= 0.3 is 0 Å². The van der Waals surface area contributed by atoms with E-state index in [2.05, 4.69) is 24.1 Å². The Morgan fingerprint density at radius 2 is 1.97 bits per heavy atom. The zero-order valence-corrected chi connectivity index (χ0v) is 23.0. The lowest BCUT2D eigenvalue weighted by molar-refractivity contribution is -0.126. The number of hydrogen-bond donors (Lipinski definition) is 4. The molecule has 0 saturated carbocycles. The monoisotopic (exact) mass is 514 g/mol. The lowest BCUT2D eigenvalue weighted by Gasteiger charge is -2.37. The fourth-order valence-corrected chi connectivity index (χ4v) is 4.88. The summed E-state index contributed by atoms with van der Waals surface area (Å²) >= 11 is 0. The number of aliphatic hydroxyl groups is 1. The van der Waals surface area contributed by atoms with Crippen LogP contribution in [0.15, 0.2) is 36.9 Å². The average molecular weight is 515 g/mol. The van der Waals surface area contributed by atoms with Gasteiger partial charge in [0.1, 0.15) is 0 Å². The molecule has 0 saturated heterocycles. The number of hydrogen-bond acceptors (Lipinski definition) is 5. The van der Waals surface area contributed by atoms with Gasteiger partial charge in [-0.05, 0) is 42.7 Å². The molecule has 0 unspecified atom stereocenters. The van der Waals surface area contributed by atoms with Crippen LogP contribution in [-0.2, 0) is 20.8 Å². The molecule has 1 aromatic carbocycles. The summed E-state index contributed by atoms with van der Waals surface area (Å²) in [4.78, 5) is 40.2. The van der Waals surface area contributed by atoms with E-state index in [-0.39, 0.29) is 42.4 Å². The first-order valence-corrected chi connectivity index (χ1v) is 13.5. The molecule has 5 N–H and O–H groups in total. The van der Waals surface area contributed by atoms with E-state index in [0.717, 1.165) is 24.1 Å². The van der Waals surface area contributed by atoms with Crippen LogP contribution in [0.1, 0.15) is 65.4 Å². The number of nitrogens with two attached hydrogens (primary N) is 1. The third kappa shape index (κ3) is 9.27. The molecule has 0 fully saturated rings. The largest absolute Gasteiger partial charge is 0.391 e. The Bertz CT molecular complexity index is 932. The molecule has 37 heavy (non-hydrogen) atoms. The minimum Gasteiger partial charge on any atom is -0.391 e. The van der Waals surface area contributed by atoms with E-state index in [1.165, 1.54) is 0 Å². The van der Waals surface area contributed by atoms with E-state index in [4.69, 9.17) is 5.73 Å². The number of benzene rings is 1. The molecular formula is C29H46N4O4. The van der Waals surface area contributed by atoms with Crippen LogP contribution in [0.4, 0.5) is 5.69 Å². The maximum atomic E-state index is 13.5. The number of rotatable bonds is 14. The lowest BCUT2D eigenvalue weighted by atomic mass is 9.79. The van der Waals surface area contributed by atoms with Crippen LogP contribution in [0.25, 0.3) is 0 Å². The van der Waals surface area contributed by atoms with E-state index >= 15 is 0 Å². The van der Waals surface area contributed by atoms with Crippen LogP contribution in [-0.4, -0.2) is 54.6 Å². The molecule has 206 valence electrons. The summed E-state index contributed by atoms with van der Waals surface area (Å²) in [5, 5.41) is 16.4. The Labute approximate surface area is 222 Å². The average Bonchev–Trinajstić information content (AvgIpc) is 2.85. The van der Waals surface area contributed by atoms with Crippen LogP contribution in [0.5, 0.6) is 0 Å². The van der Waals surface area contributed by atoms with Crippen molar-refractivity contribution < 1.29 is 19.5 Å². The minimum absolute atomic E-state index is 0.0791. The smallest absolute Gasteiger partial charge is 0.227 e. The van der Waals surface area contributed by atoms with Crippen molar-refractivity contribution in [2.24, 2.45) is 23.0 Å². The highest BCUT2D eigenvalue weighted by Gasteiger charge is 2.35. The Hall–Kier alpha value is -2.71. The van der Waals surface area contributed by atoms with Gasteiger partial charge in [0, 0.05) is 43.7 Å². The number of nitrogens with zero attached hydrogens (tertiary/aromatic N) is 1. The number of fused-ring (bicyclic) bond motifs is 1. The van der Waals surface area contributed by atoms with Crippen LogP contribution in [0.3, 0.4) is 0 Å². The summed E-state index contributed by atoms with van der Waals surface area (Å²) in [6.07, 6.45) is 4.19. The molecule has 1 aliphatic rings. The minimum atomic E-state index is -0.852. The Balaban J connectivity index is 2.01. The number of anilines is 1. The number of para-hydroxylation sites is 1. The highest BCUT2D eigenvalue weighted by molar-refractivity contribution is 5.96. The molecule has 3 amide bonds. The number of amides is 3. The fraction of sp³-hybridized carbons (Fsp3) is 0.621. The molecule has 0 bridgehead atoms. The summed E-state index contributed by atoms with van der Waals surface area (Å²) in [6, 6.07) is 7.12. The molecule has 0 aromatic heterocycles. The normalized spacial score (nSPS) is 17.8. The molecule has 1 heterocycles. The Kier molecular flexibility index (Phi) is 11.8.